The summed E-state index contributed by atoms with van der Waals surface area (Å²) in [5, 5.41) is 27.3. The van der Waals surface area contributed by atoms with E-state index in [1.54, 1.807) is 6.20 Å². The summed E-state index contributed by atoms with van der Waals surface area (Å²) >= 11 is 0. The normalized spacial score (nSPS) is 13.9. The average Bonchev–Trinajstić information content (AvgIpc) is 3.64. The molecular formula is C28H38N8O7. The first-order valence-corrected chi connectivity index (χ1v) is 13.9. The fourth-order valence-electron chi connectivity index (χ4n) is 4.57. The lowest BCUT2D eigenvalue weighted by atomic mass is 10.0. The first kappa shape index (κ1) is 32.8. The van der Waals surface area contributed by atoms with Crippen molar-refractivity contribution in [2.45, 2.75) is 69.1 Å². The van der Waals surface area contributed by atoms with Gasteiger partial charge in [-0.3, -0.25) is 19.2 Å². The van der Waals surface area contributed by atoms with E-state index >= 15 is 0 Å². The fraction of sp³-hybridized carbons (Fsp3) is 0.429. The van der Waals surface area contributed by atoms with E-state index in [4.69, 9.17) is 11.5 Å². The van der Waals surface area contributed by atoms with Crippen molar-refractivity contribution >= 4 is 40.6 Å². The molecule has 15 nitrogen and oxygen atoms in total. The molecule has 11 N–H and O–H groups in total. The number of carboxylic acids is 2. The van der Waals surface area contributed by atoms with E-state index in [1.165, 1.54) is 12.5 Å². The van der Waals surface area contributed by atoms with Gasteiger partial charge >= 0.3 is 11.9 Å². The van der Waals surface area contributed by atoms with E-state index in [0.29, 0.717) is 25.1 Å². The highest BCUT2D eigenvalue weighted by Gasteiger charge is 2.31. The van der Waals surface area contributed by atoms with Crippen LogP contribution in [0.3, 0.4) is 0 Å². The van der Waals surface area contributed by atoms with Gasteiger partial charge in [0.05, 0.1) is 12.4 Å². The summed E-state index contributed by atoms with van der Waals surface area (Å²) in [5.74, 6) is -4.70. The molecule has 0 saturated carbocycles. The first-order valence-electron chi connectivity index (χ1n) is 13.9. The first-order chi connectivity index (χ1) is 20.6. The predicted molar refractivity (Wildman–Crippen MR) is 155 cm³/mol. The van der Waals surface area contributed by atoms with Gasteiger partial charge in [-0.2, -0.15) is 0 Å². The van der Waals surface area contributed by atoms with E-state index in [0.717, 1.165) is 16.5 Å². The smallest absolute Gasteiger partial charge is 0.326 e. The van der Waals surface area contributed by atoms with Gasteiger partial charge in [0.25, 0.3) is 0 Å². The van der Waals surface area contributed by atoms with Gasteiger partial charge in [0, 0.05) is 41.8 Å². The number of unbranched alkanes of at least 4 members (excludes halogenated alkanes) is 1. The Morgan fingerprint density at radius 3 is 2.19 bits per heavy atom. The standard InChI is InChI=1S/C28H38N8O7/c29-10-4-3-7-21(26(40)36-23(28(42)43)12-17-14-31-15-33-17)35-27(41)22(8-9-24(37)38)34-25(39)19(30)11-16-13-32-20-6-2-1-5-18(16)20/h1-2,5-6,13-15,19,21-23,32H,3-4,7-12,29-30H2,(H,31,33)(H,34,39)(H,35,41)(H,36,40)(H,37,38)(H,42,43). The highest BCUT2D eigenvalue weighted by molar-refractivity contribution is 5.94. The van der Waals surface area contributed by atoms with Crippen LogP contribution in [-0.2, 0) is 36.8 Å². The van der Waals surface area contributed by atoms with Crippen LogP contribution in [0.1, 0.15) is 43.4 Å². The summed E-state index contributed by atoms with van der Waals surface area (Å²) in [6, 6.07) is 2.63. The summed E-state index contributed by atoms with van der Waals surface area (Å²) in [6.45, 7) is 0.339. The lowest BCUT2D eigenvalue weighted by Gasteiger charge is -2.25. The summed E-state index contributed by atoms with van der Waals surface area (Å²) in [4.78, 5) is 72.4. The van der Waals surface area contributed by atoms with E-state index < -0.39 is 60.2 Å². The topological polar surface area (TPSA) is 258 Å². The second-order valence-electron chi connectivity index (χ2n) is 10.2. The number of carboxylic acid groups (broad SMARTS) is 2. The number of nitrogens with zero attached hydrogens (tertiary/aromatic N) is 1. The van der Waals surface area contributed by atoms with Crippen molar-refractivity contribution in [3.63, 3.8) is 0 Å². The number of nitrogens with two attached hydrogens (primary N) is 2. The van der Waals surface area contributed by atoms with Crippen molar-refractivity contribution in [2.75, 3.05) is 6.54 Å². The molecule has 0 fully saturated rings. The maximum atomic E-state index is 13.3. The Bertz CT molecular complexity index is 1390. The van der Waals surface area contributed by atoms with Crippen LogP contribution in [0.4, 0.5) is 0 Å². The van der Waals surface area contributed by atoms with Crippen molar-refractivity contribution in [1.29, 1.82) is 0 Å². The van der Waals surface area contributed by atoms with Gasteiger partial charge < -0.3 is 47.6 Å². The van der Waals surface area contributed by atoms with Gasteiger partial charge in [-0.15, -0.1) is 0 Å². The zero-order chi connectivity index (χ0) is 31.4. The molecule has 2 heterocycles. The van der Waals surface area contributed by atoms with Crippen LogP contribution in [0.5, 0.6) is 0 Å². The molecule has 0 aliphatic carbocycles. The highest BCUT2D eigenvalue weighted by atomic mass is 16.4. The Morgan fingerprint density at radius 2 is 1.53 bits per heavy atom. The number of fused-ring (bicyclic) bond motifs is 1. The van der Waals surface area contributed by atoms with E-state index in [-0.39, 0.29) is 25.7 Å². The number of hydrogen-bond donors (Lipinski definition) is 9. The van der Waals surface area contributed by atoms with Crippen molar-refractivity contribution in [1.82, 2.24) is 30.9 Å². The summed E-state index contributed by atoms with van der Waals surface area (Å²) in [5.41, 5.74) is 13.9. The Labute approximate surface area is 247 Å². The van der Waals surface area contributed by atoms with Crippen molar-refractivity contribution in [3.8, 4) is 0 Å². The minimum atomic E-state index is -1.32. The number of carbonyl (C=O) groups is 5. The number of rotatable bonds is 18. The molecule has 4 unspecified atom stereocenters. The number of nitrogens with one attached hydrogen (secondary N) is 5. The van der Waals surface area contributed by atoms with Crippen molar-refractivity contribution in [2.24, 2.45) is 11.5 Å². The number of aromatic nitrogens is 3. The molecule has 43 heavy (non-hydrogen) atoms. The molecule has 0 spiro atoms. The summed E-state index contributed by atoms with van der Waals surface area (Å²) < 4.78 is 0. The van der Waals surface area contributed by atoms with Gasteiger partial charge in [-0.1, -0.05) is 18.2 Å². The number of carbonyl (C=O) groups excluding carboxylic acids is 3. The quantitative estimate of drug-likeness (QED) is 0.0851. The number of para-hydroxylation sites is 1. The molecule has 0 radical (unpaired) electrons. The predicted octanol–water partition coefficient (Wildman–Crippen LogP) is -0.464. The number of benzene rings is 1. The third-order valence-corrected chi connectivity index (χ3v) is 6.90. The number of hydrogen-bond acceptors (Lipinski definition) is 8. The minimum absolute atomic E-state index is 0.0733. The SMILES string of the molecule is NCCCCC(NC(=O)C(CCC(=O)O)NC(=O)C(N)Cc1c[nH]c2ccccc12)C(=O)NC(Cc1cnc[nH]1)C(=O)O. The molecule has 0 aliphatic rings. The molecule has 0 bridgehead atoms. The van der Waals surface area contributed by atoms with Crippen LogP contribution in [0.2, 0.25) is 0 Å². The number of imidazole rings is 1. The maximum absolute atomic E-state index is 13.3. The van der Waals surface area contributed by atoms with Gasteiger partial charge in [0.2, 0.25) is 17.7 Å². The number of aromatic amines is 2. The molecule has 3 rings (SSSR count). The van der Waals surface area contributed by atoms with Crippen molar-refractivity contribution < 1.29 is 34.2 Å². The van der Waals surface area contributed by atoms with Crippen LogP contribution in [0.15, 0.2) is 43.0 Å². The van der Waals surface area contributed by atoms with Gasteiger partial charge in [0.15, 0.2) is 0 Å². The Balaban J connectivity index is 1.71. The third-order valence-electron chi connectivity index (χ3n) is 6.90. The molecule has 2 aromatic heterocycles. The molecule has 3 aromatic rings. The van der Waals surface area contributed by atoms with Crippen LogP contribution in [0, 0.1) is 0 Å². The Hall–Kier alpha value is -4.76. The lowest BCUT2D eigenvalue weighted by molar-refractivity contribution is -0.142. The number of amides is 3. The molecule has 232 valence electrons. The molecule has 1 aromatic carbocycles. The molecule has 0 aliphatic heterocycles. The second kappa shape index (κ2) is 16.0. The molecule has 4 atom stereocenters. The largest absolute Gasteiger partial charge is 0.481 e. The summed E-state index contributed by atoms with van der Waals surface area (Å²) in [6.07, 6.45) is 5.04. The molecule has 15 heteroatoms. The lowest BCUT2D eigenvalue weighted by Crippen LogP contribution is -2.57. The van der Waals surface area contributed by atoms with Gasteiger partial charge in [-0.05, 0) is 50.3 Å². The van der Waals surface area contributed by atoms with Crippen molar-refractivity contribution in [3.05, 3.63) is 54.2 Å². The second-order valence-corrected chi connectivity index (χ2v) is 10.2. The zero-order valence-electron chi connectivity index (χ0n) is 23.5. The molecule has 0 saturated heterocycles. The molecule has 3 amide bonds. The maximum Gasteiger partial charge on any atom is 0.326 e. The minimum Gasteiger partial charge on any atom is -0.481 e. The third kappa shape index (κ3) is 9.93. The van der Waals surface area contributed by atoms with E-state index in [1.807, 2.05) is 24.3 Å². The van der Waals surface area contributed by atoms with E-state index in [2.05, 4.69) is 30.9 Å². The highest BCUT2D eigenvalue weighted by Crippen LogP contribution is 2.19. The van der Waals surface area contributed by atoms with Gasteiger partial charge in [0.1, 0.15) is 18.1 Å². The molecular weight excluding hydrogens is 560 g/mol. The van der Waals surface area contributed by atoms with Gasteiger partial charge in [-0.25, -0.2) is 9.78 Å². The fourth-order valence-corrected chi connectivity index (χ4v) is 4.57. The van der Waals surface area contributed by atoms with E-state index in [9.17, 15) is 34.2 Å². The number of H-pyrrole nitrogens is 2. The van der Waals surface area contributed by atoms with Crippen LogP contribution in [0.25, 0.3) is 10.9 Å². The number of aliphatic carboxylic acids is 2. The average molecular weight is 599 g/mol. The van der Waals surface area contributed by atoms with Crippen LogP contribution in [-0.4, -0.2) is 85.5 Å². The van der Waals surface area contributed by atoms with Crippen LogP contribution < -0.4 is 27.4 Å². The monoisotopic (exact) mass is 598 g/mol. The Kier molecular flexibility index (Phi) is 12.2. The summed E-state index contributed by atoms with van der Waals surface area (Å²) in [7, 11) is 0. The zero-order valence-corrected chi connectivity index (χ0v) is 23.5. The Morgan fingerprint density at radius 1 is 0.860 bits per heavy atom. The van der Waals surface area contributed by atoms with Crippen LogP contribution >= 0.6 is 0 Å².